The van der Waals surface area contributed by atoms with E-state index in [0.29, 0.717) is 13.2 Å². The van der Waals surface area contributed by atoms with Crippen molar-refractivity contribution in [2.45, 2.75) is 19.3 Å². The van der Waals surface area contributed by atoms with Crippen LogP contribution in [0.3, 0.4) is 0 Å². The molecule has 0 aliphatic carbocycles. The van der Waals surface area contributed by atoms with Gasteiger partial charge in [-0.3, -0.25) is 0 Å². The molecule has 0 amide bonds. The molecule has 0 saturated heterocycles. The predicted octanol–water partition coefficient (Wildman–Crippen LogP) is 2.48. The maximum Gasteiger partial charge on any atom is 0.124 e. The molecular formula is C15H23NO3. The van der Waals surface area contributed by atoms with E-state index in [1.807, 2.05) is 12.1 Å². The molecule has 0 spiro atoms. The van der Waals surface area contributed by atoms with Crippen molar-refractivity contribution < 1.29 is 14.2 Å². The summed E-state index contributed by atoms with van der Waals surface area (Å²) in [6.45, 7) is 3.76. The van der Waals surface area contributed by atoms with E-state index in [-0.39, 0.29) is 0 Å². The third-order valence-corrected chi connectivity index (χ3v) is 3.17. The summed E-state index contributed by atoms with van der Waals surface area (Å²) in [4.78, 5) is 0. The van der Waals surface area contributed by atoms with Gasteiger partial charge in [0.2, 0.25) is 0 Å². The van der Waals surface area contributed by atoms with Gasteiger partial charge in [-0.1, -0.05) is 6.07 Å². The van der Waals surface area contributed by atoms with Gasteiger partial charge < -0.3 is 19.5 Å². The number of anilines is 1. The van der Waals surface area contributed by atoms with Crippen LogP contribution in [-0.2, 0) is 15.9 Å². The molecule has 4 heteroatoms. The number of hydrogen-bond donors (Lipinski definition) is 1. The Morgan fingerprint density at radius 2 is 2.11 bits per heavy atom. The van der Waals surface area contributed by atoms with Crippen LogP contribution in [0.2, 0.25) is 0 Å². The van der Waals surface area contributed by atoms with Gasteiger partial charge in [-0.25, -0.2) is 0 Å². The molecule has 1 heterocycles. The smallest absolute Gasteiger partial charge is 0.124 e. The van der Waals surface area contributed by atoms with E-state index >= 15 is 0 Å². The molecule has 2 rings (SSSR count). The summed E-state index contributed by atoms with van der Waals surface area (Å²) in [5.41, 5.74) is 2.51. The Labute approximate surface area is 115 Å². The first-order valence-corrected chi connectivity index (χ1v) is 6.97. The Balaban J connectivity index is 1.71. The molecule has 0 aromatic heterocycles. The first-order chi connectivity index (χ1) is 9.42. The number of ether oxygens (including phenoxy) is 3. The van der Waals surface area contributed by atoms with E-state index in [0.717, 1.165) is 38.3 Å². The summed E-state index contributed by atoms with van der Waals surface area (Å²) in [6, 6.07) is 6.19. The van der Waals surface area contributed by atoms with E-state index < -0.39 is 0 Å². The largest absolute Gasteiger partial charge is 0.491 e. The molecule has 0 atom stereocenters. The highest BCUT2D eigenvalue weighted by Crippen LogP contribution is 2.30. The first-order valence-electron chi connectivity index (χ1n) is 6.97. The van der Waals surface area contributed by atoms with Gasteiger partial charge in [-0.05, 0) is 31.4 Å². The molecule has 1 aliphatic rings. The number of nitrogens with one attached hydrogen (secondary N) is 1. The van der Waals surface area contributed by atoms with Crippen molar-refractivity contribution in [3.8, 4) is 5.75 Å². The van der Waals surface area contributed by atoms with Gasteiger partial charge in [0.25, 0.3) is 0 Å². The van der Waals surface area contributed by atoms with Gasteiger partial charge in [0, 0.05) is 38.1 Å². The fraction of sp³-hybridized carbons (Fsp3) is 0.600. The zero-order valence-electron chi connectivity index (χ0n) is 11.6. The SMILES string of the molecule is COCCCOCCOc1cccc2c1CCCN2. The lowest BCUT2D eigenvalue weighted by atomic mass is 10.0. The van der Waals surface area contributed by atoms with Crippen molar-refractivity contribution in [3.05, 3.63) is 23.8 Å². The van der Waals surface area contributed by atoms with Gasteiger partial charge in [0.15, 0.2) is 0 Å². The van der Waals surface area contributed by atoms with Crippen LogP contribution in [0, 0.1) is 0 Å². The average Bonchev–Trinajstić information content (AvgIpc) is 2.46. The fourth-order valence-electron chi connectivity index (χ4n) is 2.23. The zero-order chi connectivity index (χ0) is 13.3. The van der Waals surface area contributed by atoms with Crippen LogP contribution in [-0.4, -0.2) is 40.1 Å². The summed E-state index contributed by atoms with van der Waals surface area (Å²) >= 11 is 0. The molecule has 0 fully saturated rings. The topological polar surface area (TPSA) is 39.7 Å². The summed E-state index contributed by atoms with van der Waals surface area (Å²) in [7, 11) is 1.70. The number of rotatable bonds is 8. The van der Waals surface area contributed by atoms with Crippen LogP contribution >= 0.6 is 0 Å². The molecule has 1 N–H and O–H groups in total. The Hall–Kier alpha value is -1.26. The third kappa shape index (κ3) is 4.40. The normalized spacial score (nSPS) is 13.7. The molecule has 106 valence electrons. The van der Waals surface area contributed by atoms with E-state index in [2.05, 4.69) is 11.4 Å². The summed E-state index contributed by atoms with van der Waals surface area (Å²) < 4.78 is 16.3. The Bertz CT molecular complexity index is 382. The lowest BCUT2D eigenvalue weighted by Crippen LogP contribution is -2.14. The van der Waals surface area contributed by atoms with Crippen LogP contribution in [0.5, 0.6) is 5.75 Å². The van der Waals surface area contributed by atoms with Crippen molar-refractivity contribution >= 4 is 5.69 Å². The van der Waals surface area contributed by atoms with Crippen molar-refractivity contribution in [1.29, 1.82) is 0 Å². The van der Waals surface area contributed by atoms with Crippen molar-refractivity contribution in [3.63, 3.8) is 0 Å². The van der Waals surface area contributed by atoms with E-state index in [9.17, 15) is 0 Å². The molecule has 1 aromatic rings. The Morgan fingerprint density at radius 1 is 1.16 bits per heavy atom. The van der Waals surface area contributed by atoms with Crippen LogP contribution in [0.1, 0.15) is 18.4 Å². The standard InChI is InChI=1S/C15H23NO3/c1-17-9-4-10-18-11-12-19-15-7-2-6-14-13(15)5-3-8-16-14/h2,6-7,16H,3-5,8-12H2,1H3. The molecule has 0 radical (unpaired) electrons. The monoisotopic (exact) mass is 265 g/mol. The highest BCUT2D eigenvalue weighted by Gasteiger charge is 2.12. The Morgan fingerprint density at radius 3 is 3.00 bits per heavy atom. The number of methoxy groups -OCH3 is 1. The van der Waals surface area contributed by atoms with Gasteiger partial charge in [0.05, 0.1) is 6.61 Å². The maximum atomic E-state index is 5.81. The second-order valence-electron chi connectivity index (χ2n) is 4.62. The molecule has 1 aliphatic heterocycles. The minimum atomic E-state index is 0.601. The summed E-state index contributed by atoms with van der Waals surface area (Å²) in [5.74, 6) is 0.991. The third-order valence-electron chi connectivity index (χ3n) is 3.17. The highest BCUT2D eigenvalue weighted by atomic mass is 16.5. The van der Waals surface area contributed by atoms with Gasteiger partial charge in [-0.2, -0.15) is 0 Å². The van der Waals surface area contributed by atoms with Crippen molar-refractivity contribution in [1.82, 2.24) is 0 Å². The second-order valence-corrected chi connectivity index (χ2v) is 4.62. The molecule has 1 aromatic carbocycles. The van der Waals surface area contributed by atoms with Gasteiger partial charge in [0.1, 0.15) is 12.4 Å². The maximum absolute atomic E-state index is 5.81. The summed E-state index contributed by atoms with van der Waals surface area (Å²) in [5, 5.41) is 3.40. The van der Waals surface area contributed by atoms with E-state index in [1.165, 1.54) is 17.7 Å². The molecule has 19 heavy (non-hydrogen) atoms. The molecule has 0 saturated carbocycles. The highest BCUT2D eigenvalue weighted by molar-refractivity contribution is 5.58. The Kier molecular flexibility index (Phi) is 5.98. The van der Waals surface area contributed by atoms with Crippen LogP contribution in [0.4, 0.5) is 5.69 Å². The average molecular weight is 265 g/mol. The first kappa shape index (κ1) is 14.2. The van der Waals surface area contributed by atoms with E-state index in [4.69, 9.17) is 14.2 Å². The summed E-state index contributed by atoms with van der Waals surface area (Å²) in [6.07, 6.45) is 3.19. The van der Waals surface area contributed by atoms with Crippen LogP contribution in [0.15, 0.2) is 18.2 Å². The fourth-order valence-corrected chi connectivity index (χ4v) is 2.23. The molecule has 0 bridgehead atoms. The lowest BCUT2D eigenvalue weighted by Gasteiger charge is -2.20. The minimum Gasteiger partial charge on any atom is -0.491 e. The number of fused-ring (bicyclic) bond motifs is 1. The van der Waals surface area contributed by atoms with Crippen molar-refractivity contribution in [2.24, 2.45) is 0 Å². The van der Waals surface area contributed by atoms with Gasteiger partial charge in [-0.15, -0.1) is 0 Å². The van der Waals surface area contributed by atoms with E-state index in [1.54, 1.807) is 7.11 Å². The van der Waals surface area contributed by atoms with Crippen molar-refractivity contribution in [2.75, 3.05) is 45.4 Å². The predicted molar refractivity (Wildman–Crippen MR) is 76.1 cm³/mol. The lowest BCUT2D eigenvalue weighted by molar-refractivity contribution is 0.0804. The van der Waals surface area contributed by atoms with Crippen LogP contribution < -0.4 is 10.1 Å². The quantitative estimate of drug-likeness (QED) is 0.733. The molecule has 4 nitrogen and oxygen atoms in total. The van der Waals surface area contributed by atoms with Gasteiger partial charge >= 0.3 is 0 Å². The number of benzene rings is 1. The zero-order valence-corrected chi connectivity index (χ0v) is 11.6. The minimum absolute atomic E-state index is 0.601. The second kappa shape index (κ2) is 8.02. The molecular weight excluding hydrogens is 242 g/mol. The molecule has 0 unspecified atom stereocenters. The van der Waals surface area contributed by atoms with Crippen LogP contribution in [0.25, 0.3) is 0 Å². The number of hydrogen-bond acceptors (Lipinski definition) is 4.